The molecule has 1 aromatic carbocycles. The summed E-state index contributed by atoms with van der Waals surface area (Å²) in [5.74, 6) is 2.22. The van der Waals surface area contributed by atoms with Crippen molar-refractivity contribution in [1.29, 1.82) is 0 Å². The van der Waals surface area contributed by atoms with Gasteiger partial charge < -0.3 is 5.32 Å². The number of nitrogens with one attached hydrogen (secondary N) is 2. The topological polar surface area (TPSA) is 70.7 Å². The molecule has 7 heteroatoms. The van der Waals surface area contributed by atoms with Crippen LogP contribution in [0.2, 0.25) is 4.34 Å². The average Bonchev–Trinajstić information content (AvgIpc) is 3.19. The number of hydrogen-bond donors (Lipinski definition) is 2. The Morgan fingerprint density at radius 3 is 2.72 bits per heavy atom. The number of carbonyl (C=O) groups excluding carboxylic acids is 1. The van der Waals surface area contributed by atoms with Crippen LogP contribution in [0, 0.1) is 0 Å². The van der Waals surface area contributed by atoms with Crippen molar-refractivity contribution in [2.24, 2.45) is 0 Å². The highest BCUT2D eigenvalue weighted by Crippen LogP contribution is 2.38. The van der Waals surface area contributed by atoms with Crippen LogP contribution in [0.25, 0.3) is 11.4 Å². The predicted octanol–water partition coefficient (Wildman–Crippen LogP) is 4.64. The first-order chi connectivity index (χ1) is 12.2. The Bertz CT molecular complexity index is 883. The van der Waals surface area contributed by atoms with Crippen molar-refractivity contribution in [3.8, 4) is 11.4 Å². The van der Waals surface area contributed by atoms with E-state index < -0.39 is 0 Å². The minimum absolute atomic E-state index is 0.00816. The molecular weight excluding hydrogens is 356 g/mol. The second kappa shape index (κ2) is 6.98. The summed E-state index contributed by atoms with van der Waals surface area (Å²) in [5.41, 5.74) is 1.71. The first kappa shape index (κ1) is 16.3. The third-order valence-corrected chi connectivity index (χ3v) is 5.41. The highest BCUT2D eigenvalue weighted by atomic mass is 35.5. The van der Waals surface area contributed by atoms with Crippen molar-refractivity contribution in [1.82, 2.24) is 15.2 Å². The molecule has 0 aliphatic heterocycles. The van der Waals surface area contributed by atoms with Gasteiger partial charge in [0.05, 0.1) is 4.34 Å². The fourth-order valence-corrected chi connectivity index (χ4v) is 3.68. The van der Waals surface area contributed by atoms with Crippen molar-refractivity contribution in [3.63, 3.8) is 0 Å². The van der Waals surface area contributed by atoms with Crippen LogP contribution in [-0.4, -0.2) is 21.1 Å². The molecule has 2 heterocycles. The number of aromatic amines is 1. The Morgan fingerprint density at radius 2 is 2.04 bits per heavy atom. The zero-order chi connectivity index (χ0) is 17.2. The first-order valence-corrected chi connectivity index (χ1v) is 9.43. The molecule has 0 spiro atoms. The smallest absolute Gasteiger partial charge is 0.224 e. The zero-order valence-corrected chi connectivity index (χ0v) is 15.0. The Balaban J connectivity index is 1.33. The van der Waals surface area contributed by atoms with Crippen molar-refractivity contribution >= 4 is 34.5 Å². The number of benzene rings is 1. The molecule has 1 fully saturated rings. The van der Waals surface area contributed by atoms with Gasteiger partial charge in [-0.2, -0.15) is 5.10 Å². The number of aromatic nitrogens is 3. The molecule has 2 aromatic heterocycles. The van der Waals surface area contributed by atoms with E-state index >= 15 is 0 Å². The number of hydrogen-bond acceptors (Lipinski definition) is 4. The second-order valence-corrected chi connectivity index (χ2v) is 7.95. The Kier molecular flexibility index (Phi) is 4.55. The molecule has 1 amide bonds. The number of H-pyrrole nitrogens is 1. The minimum atomic E-state index is -0.00816. The van der Waals surface area contributed by atoms with Crippen LogP contribution in [-0.2, 0) is 11.2 Å². The lowest BCUT2D eigenvalue weighted by atomic mass is 10.2. The van der Waals surface area contributed by atoms with E-state index in [0.717, 1.165) is 26.3 Å². The summed E-state index contributed by atoms with van der Waals surface area (Å²) < 4.78 is 0.753. The lowest BCUT2D eigenvalue weighted by Crippen LogP contribution is -2.11. The standard InChI is InChI=1S/C18H17ClN4OS/c19-15-9-7-14(25-15)8-10-16(24)20-13-5-3-12(4-6-13)18-21-17(22-23-18)11-1-2-11/h3-7,9,11H,1-2,8,10H2,(H,20,24)(H,21,22,23). The van der Waals surface area contributed by atoms with Gasteiger partial charge in [-0.3, -0.25) is 9.89 Å². The van der Waals surface area contributed by atoms with Crippen molar-refractivity contribution < 1.29 is 4.79 Å². The van der Waals surface area contributed by atoms with Crippen molar-refractivity contribution in [2.45, 2.75) is 31.6 Å². The molecule has 0 bridgehead atoms. The number of rotatable bonds is 6. The summed E-state index contributed by atoms with van der Waals surface area (Å²) in [4.78, 5) is 17.7. The molecule has 1 aliphatic rings. The van der Waals surface area contributed by atoms with E-state index in [1.807, 2.05) is 36.4 Å². The van der Waals surface area contributed by atoms with Crippen LogP contribution < -0.4 is 5.32 Å². The molecule has 1 aliphatic carbocycles. The normalized spacial score (nSPS) is 13.8. The van der Waals surface area contributed by atoms with Crippen LogP contribution in [0.4, 0.5) is 5.69 Å². The van der Waals surface area contributed by atoms with E-state index in [2.05, 4.69) is 20.5 Å². The van der Waals surface area contributed by atoms with Gasteiger partial charge in [0.2, 0.25) is 5.91 Å². The number of amides is 1. The van der Waals surface area contributed by atoms with Gasteiger partial charge in [-0.05, 0) is 55.7 Å². The van der Waals surface area contributed by atoms with Gasteiger partial charge in [0.15, 0.2) is 5.82 Å². The van der Waals surface area contributed by atoms with E-state index in [9.17, 15) is 4.79 Å². The molecule has 3 aromatic rings. The molecule has 0 saturated heterocycles. The zero-order valence-electron chi connectivity index (χ0n) is 13.5. The molecule has 25 heavy (non-hydrogen) atoms. The lowest BCUT2D eigenvalue weighted by molar-refractivity contribution is -0.116. The number of thiophene rings is 1. The maximum Gasteiger partial charge on any atom is 0.224 e. The molecule has 128 valence electrons. The van der Waals surface area contributed by atoms with Crippen LogP contribution >= 0.6 is 22.9 Å². The Labute approximate surface area is 154 Å². The van der Waals surface area contributed by atoms with Gasteiger partial charge in [0.25, 0.3) is 0 Å². The molecule has 0 radical (unpaired) electrons. The highest BCUT2D eigenvalue weighted by Gasteiger charge is 2.27. The van der Waals surface area contributed by atoms with E-state index in [0.29, 0.717) is 24.6 Å². The molecular formula is C18H17ClN4OS. The predicted molar refractivity (Wildman–Crippen MR) is 100 cm³/mol. The summed E-state index contributed by atoms with van der Waals surface area (Å²) in [6, 6.07) is 11.4. The van der Waals surface area contributed by atoms with Gasteiger partial charge >= 0.3 is 0 Å². The largest absolute Gasteiger partial charge is 0.326 e. The number of aryl methyl sites for hydroxylation is 1. The molecule has 0 atom stereocenters. The van der Waals surface area contributed by atoms with Crippen LogP contribution in [0.15, 0.2) is 36.4 Å². The molecule has 0 unspecified atom stereocenters. The lowest BCUT2D eigenvalue weighted by Gasteiger charge is -2.05. The fourth-order valence-electron chi connectivity index (χ4n) is 2.59. The SMILES string of the molecule is O=C(CCc1ccc(Cl)s1)Nc1ccc(-c2n[nH]c(C3CC3)n2)cc1. The second-order valence-electron chi connectivity index (χ2n) is 6.15. The van der Waals surface area contributed by atoms with Crippen LogP contribution in [0.1, 0.15) is 35.9 Å². The molecule has 1 saturated carbocycles. The molecule has 4 rings (SSSR count). The summed E-state index contributed by atoms with van der Waals surface area (Å²) in [7, 11) is 0. The number of halogens is 1. The van der Waals surface area contributed by atoms with Crippen molar-refractivity contribution in [2.75, 3.05) is 5.32 Å². The number of anilines is 1. The first-order valence-electron chi connectivity index (χ1n) is 8.24. The van der Waals surface area contributed by atoms with Gasteiger partial charge in [-0.15, -0.1) is 11.3 Å². The minimum Gasteiger partial charge on any atom is -0.326 e. The summed E-state index contributed by atoms with van der Waals surface area (Å²) in [5, 5.41) is 10.2. The van der Waals surface area contributed by atoms with Gasteiger partial charge in [-0.25, -0.2) is 4.98 Å². The maximum absolute atomic E-state index is 12.1. The van der Waals surface area contributed by atoms with E-state index in [1.165, 1.54) is 24.2 Å². The number of nitrogens with zero attached hydrogens (tertiary/aromatic N) is 2. The third-order valence-electron chi connectivity index (χ3n) is 4.12. The van der Waals surface area contributed by atoms with Gasteiger partial charge in [0, 0.05) is 28.5 Å². The highest BCUT2D eigenvalue weighted by molar-refractivity contribution is 7.16. The molecule has 2 N–H and O–H groups in total. The maximum atomic E-state index is 12.1. The van der Waals surface area contributed by atoms with E-state index in [1.54, 1.807) is 0 Å². The van der Waals surface area contributed by atoms with Crippen molar-refractivity contribution in [3.05, 3.63) is 51.4 Å². The Hall–Kier alpha value is -2.18. The quantitative estimate of drug-likeness (QED) is 0.662. The third kappa shape index (κ3) is 4.08. The van der Waals surface area contributed by atoms with E-state index in [-0.39, 0.29) is 5.91 Å². The summed E-state index contributed by atoms with van der Waals surface area (Å²) >= 11 is 7.41. The van der Waals surface area contributed by atoms with Gasteiger partial charge in [0.1, 0.15) is 5.82 Å². The summed E-state index contributed by atoms with van der Waals surface area (Å²) in [6.07, 6.45) is 3.52. The van der Waals surface area contributed by atoms with E-state index in [4.69, 9.17) is 11.6 Å². The number of carbonyl (C=O) groups is 1. The monoisotopic (exact) mass is 372 g/mol. The fraction of sp³-hybridized carbons (Fsp3) is 0.278. The van der Waals surface area contributed by atoms with Crippen LogP contribution in [0.5, 0.6) is 0 Å². The Morgan fingerprint density at radius 1 is 1.24 bits per heavy atom. The molecule has 5 nitrogen and oxygen atoms in total. The van der Waals surface area contributed by atoms with Gasteiger partial charge in [-0.1, -0.05) is 11.6 Å². The summed E-state index contributed by atoms with van der Waals surface area (Å²) in [6.45, 7) is 0. The van der Waals surface area contributed by atoms with Crippen LogP contribution in [0.3, 0.4) is 0 Å². The average molecular weight is 373 g/mol.